The number of halogens is 1. The van der Waals surface area contributed by atoms with E-state index in [1.165, 1.54) is 0 Å². The van der Waals surface area contributed by atoms with Gasteiger partial charge in [0.05, 0.1) is 19.4 Å². The molecular formula is C9H10BrNO2. The van der Waals surface area contributed by atoms with Crippen molar-refractivity contribution < 1.29 is 9.47 Å². The molecule has 1 aliphatic rings. The Morgan fingerprint density at radius 2 is 2.46 bits per heavy atom. The van der Waals surface area contributed by atoms with Crippen LogP contribution in [-0.2, 0) is 4.74 Å². The molecule has 1 aromatic heterocycles. The summed E-state index contributed by atoms with van der Waals surface area (Å²) < 4.78 is 11.8. The molecule has 0 aromatic carbocycles. The van der Waals surface area contributed by atoms with Gasteiger partial charge < -0.3 is 9.47 Å². The maximum atomic E-state index is 5.64. The molecule has 4 heteroatoms. The summed E-state index contributed by atoms with van der Waals surface area (Å²) in [5, 5.41) is 0. The van der Waals surface area contributed by atoms with Gasteiger partial charge in [-0.2, -0.15) is 0 Å². The molecule has 0 saturated carbocycles. The van der Waals surface area contributed by atoms with Crippen LogP contribution in [-0.4, -0.2) is 24.3 Å². The molecule has 13 heavy (non-hydrogen) atoms. The maximum Gasteiger partial charge on any atom is 0.139 e. The summed E-state index contributed by atoms with van der Waals surface area (Å²) >= 11 is 3.34. The van der Waals surface area contributed by atoms with Crippen molar-refractivity contribution in [3.05, 3.63) is 22.9 Å². The fraction of sp³-hybridized carbons (Fsp3) is 0.444. The summed E-state index contributed by atoms with van der Waals surface area (Å²) in [6.45, 7) is 1.48. The Balaban J connectivity index is 2.00. The smallest absolute Gasteiger partial charge is 0.139 e. The molecular weight excluding hydrogens is 234 g/mol. The van der Waals surface area contributed by atoms with Crippen LogP contribution in [0.4, 0.5) is 0 Å². The van der Waals surface area contributed by atoms with Gasteiger partial charge in [0.1, 0.15) is 11.9 Å². The van der Waals surface area contributed by atoms with Crippen LogP contribution in [0.15, 0.2) is 22.9 Å². The van der Waals surface area contributed by atoms with Crippen LogP contribution in [0.5, 0.6) is 5.75 Å². The van der Waals surface area contributed by atoms with Gasteiger partial charge in [0.25, 0.3) is 0 Å². The van der Waals surface area contributed by atoms with Gasteiger partial charge in [0.15, 0.2) is 0 Å². The van der Waals surface area contributed by atoms with E-state index in [0.717, 1.165) is 23.2 Å². The second-order valence-electron chi connectivity index (χ2n) is 2.94. The van der Waals surface area contributed by atoms with Gasteiger partial charge in [-0.05, 0) is 22.0 Å². The molecule has 2 heterocycles. The number of hydrogen-bond donors (Lipinski definition) is 0. The first kappa shape index (κ1) is 8.97. The number of nitrogens with zero attached hydrogens (tertiary/aromatic N) is 1. The summed E-state index contributed by atoms with van der Waals surface area (Å²) in [6, 6.07) is 1.91. The minimum atomic E-state index is 0.191. The van der Waals surface area contributed by atoms with Crippen molar-refractivity contribution in [1.29, 1.82) is 0 Å². The molecule has 2 rings (SSSR count). The third-order valence-corrected chi connectivity index (χ3v) is 2.30. The van der Waals surface area contributed by atoms with Crippen molar-refractivity contribution in [3.8, 4) is 5.75 Å². The van der Waals surface area contributed by atoms with E-state index >= 15 is 0 Å². The third kappa shape index (κ3) is 2.42. The summed E-state index contributed by atoms with van der Waals surface area (Å²) in [4.78, 5) is 4.01. The monoisotopic (exact) mass is 243 g/mol. The average Bonchev–Trinajstić information content (AvgIpc) is 2.57. The molecule has 1 aromatic rings. The Morgan fingerprint density at radius 3 is 3.15 bits per heavy atom. The Kier molecular flexibility index (Phi) is 2.80. The lowest BCUT2D eigenvalue weighted by Crippen LogP contribution is -2.15. The highest BCUT2D eigenvalue weighted by Gasteiger charge is 2.17. The molecule has 0 unspecified atom stereocenters. The Labute approximate surface area is 85.2 Å². The van der Waals surface area contributed by atoms with Crippen LogP contribution in [0.25, 0.3) is 0 Å². The van der Waals surface area contributed by atoms with Crippen LogP contribution in [0.1, 0.15) is 6.42 Å². The molecule has 1 saturated heterocycles. The SMILES string of the molecule is Brc1cncc(O[C@@H]2CCOC2)c1. The van der Waals surface area contributed by atoms with Crippen LogP contribution < -0.4 is 4.74 Å². The Morgan fingerprint density at radius 1 is 1.54 bits per heavy atom. The Bertz CT molecular complexity index is 287. The van der Waals surface area contributed by atoms with E-state index in [9.17, 15) is 0 Å². The Hall–Kier alpha value is -0.610. The second kappa shape index (κ2) is 4.07. The van der Waals surface area contributed by atoms with Gasteiger partial charge in [0, 0.05) is 17.1 Å². The number of ether oxygens (including phenoxy) is 2. The zero-order valence-corrected chi connectivity index (χ0v) is 8.66. The van der Waals surface area contributed by atoms with Crippen LogP contribution in [0.2, 0.25) is 0 Å². The zero-order chi connectivity index (χ0) is 9.10. The van der Waals surface area contributed by atoms with E-state index in [1.54, 1.807) is 12.4 Å². The molecule has 0 amide bonds. The van der Waals surface area contributed by atoms with Gasteiger partial charge in [-0.25, -0.2) is 0 Å². The molecule has 70 valence electrons. The summed E-state index contributed by atoms with van der Waals surface area (Å²) in [7, 11) is 0. The van der Waals surface area contributed by atoms with Crippen molar-refractivity contribution in [2.24, 2.45) is 0 Å². The highest BCUT2D eigenvalue weighted by Crippen LogP contribution is 2.19. The molecule has 0 spiro atoms. The molecule has 1 atom stereocenters. The number of pyridine rings is 1. The average molecular weight is 244 g/mol. The lowest BCUT2D eigenvalue weighted by molar-refractivity contribution is 0.141. The van der Waals surface area contributed by atoms with E-state index in [-0.39, 0.29) is 6.10 Å². The van der Waals surface area contributed by atoms with Gasteiger partial charge in [0.2, 0.25) is 0 Å². The number of aromatic nitrogens is 1. The lowest BCUT2D eigenvalue weighted by atomic mass is 10.3. The normalized spacial score (nSPS) is 21.8. The molecule has 0 radical (unpaired) electrons. The molecule has 0 aliphatic carbocycles. The van der Waals surface area contributed by atoms with Crippen molar-refractivity contribution in [1.82, 2.24) is 4.98 Å². The summed E-state index contributed by atoms with van der Waals surface area (Å²) in [5.41, 5.74) is 0. The topological polar surface area (TPSA) is 31.4 Å². The van der Waals surface area contributed by atoms with E-state index in [2.05, 4.69) is 20.9 Å². The van der Waals surface area contributed by atoms with Gasteiger partial charge >= 0.3 is 0 Å². The predicted octanol–water partition coefficient (Wildman–Crippen LogP) is 2.01. The molecule has 3 nitrogen and oxygen atoms in total. The van der Waals surface area contributed by atoms with Crippen molar-refractivity contribution in [2.45, 2.75) is 12.5 Å². The highest BCUT2D eigenvalue weighted by molar-refractivity contribution is 9.10. The van der Waals surface area contributed by atoms with E-state index in [4.69, 9.17) is 9.47 Å². The zero-order valence-electron chi connectivity index (χ0n) is 7.07. The standard InChI is InChI=1S/C9H10BrNO2/c10-7-3-9(5-11-4-7)13-8-1-2-12-6-8/h3-5,8H,1-2,6H2/t8-/m1/s1. The van der Waals surface area contributed by atoms with E-state index < -0.39 is 0 Å². The predicted molar refractivity (Wildman–Crippen MR) is 51.8 cm³/mol. The first-order valence-corrected chi connectivity index (χ1v) is 4.99. The number of hydrogen-bond acceptors (Lipinski definition) is 3. The van der Waals surface area contributed by atoms with Crippen molar-refractivity contribution >= 4 is 15.9 Å². The largest absolute Gasteiger partial charge is 0.486 e. The van der Waals surface area contributed by atoms with Crippen LogP contribution in [0.3, 0.4) is 0 Å². The van der Waals surface area contributed by atoms with Crippen molar-refractivity contribution in [2.75, 3.05) is 13.2 Å². The minimum absolute atomic E-state index is 0.191. The van der Waals surface area contributed by atoms with Crippen LogP contribution >= 0.6 is 15.9 Å². The maximum absolute atomic E-state index is 5.64. The van der Waals surface area contributed by atoms with Crippen molar-refractivity contribution in [3.63, 3.8) is 0 Å². The molecule has 0 N–H and O–H groups in total. The van der Waals surface area contributed by atoms with Gasteiger partial charge in [-0.1, -0.05) is 0 Å². The summed E-state index contributed by atoms with van der Waals surface area (Å²) in [6.07, 6.45) is 4.60. The van der Waals surface area contributed by atoms with Gasteiger partial charge in [-0.15, -0.1) is 0 Å². The third-order valence-electron chi connectivity index (χ3n) is 1.87. The lowest BCUT2D eigenvalue weighted by Gasteiger charge is -2.10. The quantitative estimate of drug-likeness (QED) is 0.797. The highest BCUT2D eigenvalue weighted by atomic mass is 79.9. The second-order valence-corrected chi connectivity index (χ2v) is 3.86. The summed E-state index contributed by atoms with van der Waals surface area (Å²) in [5.74, 6) is 0.796. The van der Waals surface area contributed by atoms with E-state index in [1.807, 2.05) is 6.07 Å². The van der Waals surface area contributed by atoms with Crippen LogP contribution in [0, 0.1) is 0 Å². The fourth-order valence-electron chi connectivity index (χ4n) is 1.26. The first-order valence-electron chi connectivity index (χ1n) is 4.19. The first-order chi connectivity index (χ1) is 6.34. The molecule has 1 aliphatic heterocycles. The minimum Gasteiger partial charge on any atom is -0.486 e. The number of rotatable bonds is 2. The molecule has 1 fully saturated rings. The molecule has 0 bridgehead atoms. The van der Waals surface area contributed by atoms with Gasteiger partial charge in [-0.3, -0.25) is 4.98 Å². The fourth-order valence-corrected chi connectivity index (χ4v) is 1.60. The van der Waals surface area contributed by atoms with E-state index in [0.29, 0.717) is 6.61 Å².